The van der Waals surface area contributed by atoms with Crippen LogP contribution in [0.15, 0.2) is 0 Å². The van der Waals surface area contributed by atoms with Crippen molar-refractivity contribution in [3.05, 3.63) is 0 Å². The lowest BCUT2D eigenvalue weighted by molar-refractivity contribution is -0.124. The maximum Gasteiger partial charge on any atom is 0.267 e. The van der Waals surface area contributed by atoms with Gasteiger partial charge in [-0.1, -0.05) is 23.2 Å². The van der Waals surface area contributed by atoms with E-state index in [1.165, 1.54) is 16.3 Å². The number of nitrogens with zero attached hydrogens (tertiary/aromatic N) is 1. The van der Waals surface area contributed by atoms with Gasteiger partial charge in [0.15, 0.2) is 2.21 Å². The second-order valence-corrected chi connectivity index (χ2v) is 9.93. The molecule has 1 aliphatic heterocycles. The first-order valence-electron chi connectivity index (χ1n) is 2.52. The van der Waals surface area contributed by atoms with Gasteiger partial charge in [-0.15, -0.1) is 0 Å². The van der Waals surface area contributed by atoms with Gasteiger partial charge in [0.1, 0.15) is 0 Å². The number of rotatable bonds is 0. The van der Waals surface area contributed by atoms with E-state index in [9.17, 15) is 4.79 Å². The van der Waals surface area contributed by atoms with Crippen LogP contribution in [0.5, 0.6) is 0 Å². The van der Waals surface area contributed by atoms with Gasteiger partial charge in [-0.05, 0) is 57.1 Å². The largest absolute Gasteiger partial charge is 0.285 e. The Morgan fingerprint density at radius 2 is 2.00 bits per heavy atom. The Hall–Kier alpha value is 1.86. The molecule has 0 aromatic carbocycles. The van der Waals surface area contributed by atoms with Gasteiger partial charge in [-0.3, -0.25) is 9.10 Å². The number of alkyl halides is 4. The second kappa shape index (κ2) is 3.21. The number of amides is 1. The smallest absolute Gasteiger partial charge is 0.267 e. The zero-order valence-electron chi connectivity index (χ0n) is 5.28. The lowest BCUT2D eigenvalue weighted by atomic mass is 10.4. The van der Waals surface area contributed by atoms with Gasteiger partial charge in [0.25, 0.3) is 5.91 Å². The SMILES string of the molecule is CN1SC(Cl)(I)C(Cl)(I)C1=O. The van der Waals surface area contributed by atoms with Crippen LogP contribution in [0.4, 0.5) is 0 Å². The highest BCUT2D eigenvalue weighted by molar-refractivity contribution is 14.1. The Kier molecular flexibility index (Phi) is 3.20. The third kappa shape index (κ3) is 1.72. The minimum absolute atomic E-state index is 0.158. The van der Waals surface area contributed by atoms with Gasteiger partial charge in [0.05, 0.1) is 0 Å². The average molecular weight is 438 g/mol. The fourth-order valence-electron chi connectivity index (χ4n) is 0.593. The zero-order valence-corrected chi connectivity index (χ0v) is 11.9. The summed E-state index contributed by atoms with van der Waals surface area (Å²) in [5, 5.41) is 0. The maximum absolute atomic E-state index is 11.3. The molecule has 1 saturated heterocycles. The predicted octanol–water partition coefficient (Wildman–Crippen LogP) is 2.80. The van der Waals surface area contributed by atoms with Crippen molar-refractivity contribution in [1.29, 1.82) is 0 Å². The Morgan fingerprint density at radius 1 is 1.55 bits per heavy atom. The lowest BCUT2D eigenvalue weighted by Crippen LogP contribution is -2.35. The molecule has 0 aromatic rings. The van der Waals surface area contributed by atoms with Crippen molar-refractivity contribution in [3.8, 4) is 0 Å². The van der Waals surface area contributed by atoms with E-state index in [2.05, 4.69) is 0 Å². The lowest BCUT2D eigenvalue weighted by Gasteiger charge is -2.19. The molecule has 1 rings (SSSR count). The van der Waals surface area contributed by atoms with Crippen LogP contribution in [0, 0.1) is 0 Å². The molecule has 1 aliphatic rings. The first-order valence-corrected chi connectivity index (χ1v) is 6.20. The average Bonchev–Trinajstić information content (AvgIpc) is 1.93. The molecule has 2 atom stereocenters. The van der Waals surface area contributed by atoms with Crippen LogP contribution < -0.4 is 0 Å². The van der Waals surface area contributed by atoms with Crippen LogP contribution in [-0.2, 0) is 4.79 Å². The Bertz CT molecular complexity index is 210. The molecule has 7 heteroatoms. The summed E-state index contributed by atoms with van der Waals surface area (Å²) >= 11 is 17.0. The molecule has 11 heavy (non-hydrogen) atoms. The van der Waals surface area contributed by atoms with E-state index in [1.54, 1.807) is 7.05 Å². The molecule has 1 amide bonds. The van der Waals surface area contributed by atoms with Crippen molar-refractivity contribution in [2.75, 3.05) is 7.05 Å². The number of carbonyl (C=O) groups is 1. The van der Waals surface area contributed by atoms with Gasteiger partial charge in [0.2, 0.25) is 2.88 Å². The van der Waals surface area contributed by atoms with E-state index in [1.807, 2.05) is 45.2 Å². The molecule has 0 spiro atoms. The van der Waals surface area contributed by atoms with Gasteiger partial charge >= 0.3 is 0 Å². The van der Waals surface area contributed by atoms with Gasteiger partial charge in [0, 0.05) is 7.05 Å². The summed E-state index contributed by atoms with van der Waals surface area (Å²) in [7, 11) is 1.66. The van der Waals surface area contributed by atoms with Crippen LogP contribution in [0.2, 0.25) is 0 Å². The van der Waals surface area contributed by atoms with E-state index in [0.717, 1.165) is 0 Å². The first kappa shape index (κ1) is 10.9. The van der Waals surface area contributed by atoms with E-state index in [4.69, 9.17) is 23.2 Å². The molecule has 2 unspecified atom stereocenters. The molecule has 0 N–H and O–H groups in total. The molecular weight excluding hydrogens is 435 g/mol. The first-order chi connectivity index (χ1) is 4.79. The third-order valence-electron chi connectivity index (χ3n) is 1.17. The van der Waals surface area contributed by atoms with Gasteiger partial charge in [-0.2, -0.15) is 0 Å². The van der Waals surface area contributed by atoms with E-state index in [-0.39, 0.29) is 5.91 Å². The van der Waals surface area contributed by atoms with E-state index in [0.29, 0.717) is 0 Å². The van der Waals surface area contributed by atoms with Crippen molar-refractivity contribution in [1.82, 2.24) is 4.31 Å². The molecule has 0 saturated carbocycles. The number of carbonyl (C=O) groups excluding carboxylic acids is 1. The Labute approximate surface area is 106 Å². The Morgan fingerprint density at radius 3 is 2.09 bits per heavy atom. The summed E-state index contributed by atoms with van der Waals surface area (Å²) < 4.78 is -0.357. The molecule has 0 bridgehead atoms. The van der Waals surface area contributed by atoms with Crippen LogP contribution in [0.1, 0.15) is 0 Å². The van der Waals surface area contributed by atoms with Crippen molar-refractivity contribution in [3.63, 3.8) is 0 Å². The van der Waals surface area contributed by atoms with Gasteiger partial charge < -0.3 is 0 Å². The molecule has 2 nitrogen and oxygen atoms in total. The zero-order chi connectivity index (χ0) is 8.86. The summed E-state index contributed by atoms with van der Waals surface area (Å²) in [5.74, 6) is -0.158. The fourth-order valence-corrected chi connectivity index (χ4v) is 3.97. The van der Waals surface area contributed by atoms with Crippen molar-refractivity contribution in [2.45, 2.75) is 5.09 Å². The van der Waals surface area contributed by atoms with Crippen molar-refractivity contribution < 1.29 is 4.79 Å². The highest BCUT2D eigenvalue weighted by Crippen LogP contribution is 2.60. The summed E-state index contributed by atoms with van der Waals surface area (Å²) in [6.07, 6.45) is 0. The highest BCUT2D eigenvalue weighted by atomic mass is 127. The summed E-state index contributed by atoms with van der Waals surface area (Å²) in [5.41, 5.74) is 0. The summed E-state index contributed by atoms with van der Waals surface area (Å²) in [6, 6.07) is 0. The minimum Gasteiger partial charge on any atom is -0.285 e. The standard InChI is InChI=1S/C4H3Cl2I2NOS/c1-9-2(10)3(5,7)4(6,8)11-9/h1H3. The van der Waals surface area contributed by atoms with E-state index >= 15 is 0 Å². The topological polar surface area (TPSA) is 20.3 Å². The van der Waals surface area contributed by atoms with E-state index < -0.39 is 5.09 Å². The minimum atomic E-state index is -1.04. The number of hydrogen-bond donors (Lipinski definition) is 0. The molecule has 0 aromatic heterocycles. The molecule has 0 aliphatic carbocycles. The van der Waals surface area contributed by atoms with Crippen molar-refractivity contribution in [2.24, 2.45) is 0 Å². The van der Waals surface area contributed by atoms with Crippen LogP contribution in [0.25, 0.3) is 0 Å². The number of hydrogen-bond acceptors (Lipinski definition) is 2. The maximum atomic E-state index is 11.3. The van der Waals surface area contributed by atoms with Crippen LogP contribution in [-0.4, -0.2) is 22.4 Å². The predicted molar refractivity (Wildman–Crippen MR) is 65.6 cm³/mol. The highest BCUT2D eigenvalue weighted by Gasteiger charge is 2.60. The molecule has 1 fully saturated rings. The van der Waals surface area contributed by atoms with Crippen molar-refractivity contribution >= 4 is 86.2 Å². The third-order valence-corrected chi connectivity index (χ3v) is 8.00. The van der Waals surface area contributed by atoms with Gasteiger partial charge in [-0.25, -0.2) is 0 Å². The van der Waals surface area contributed by atoms with Crippen LogP contribution in [0.3, 0.4) is 0 Å². The molecule has 0 radical (unpaired) electrons. The monoisotopic (exact) mass is 437 g/mol. The summed E-state index contributed by atoms with van der Waals surface area (Å²) in [4.78, 5) is 11.3. The quantitative estimate of drug-likeness (QED) is 0.330. The second-order valence-electron chi connectivity index (χ2n) is 1.99. The number of halogens is 4. The normalized spacial score (nSPS) is 45.2. The molecular formula is C4H3Cl2I2NOS. The Balaban J connectivity index is 3.02. The molecule has 1 heterocycles. The molecule has 64 valence electrons. The van der Waals surface area contributed by atoms with Crippen LogP contribution >= 0.6 is 80.3 Å². The fraction of sp³-hybridized carbons (Fsp3) is 0.750. The summed E-state index contributed by atoms with van der Waals surface area (Å²) in [6.45, 7) is 0.